The number of rotatable bonds is 0. The molecular weight excluding hydrogens is 152 g/mol. The van der Waals surface area contributed by atoms with E-state index in [0.717, 1.165) is 12.8 Å². The number of cyclic esters (lactones) is 1. The van der Waals surface area contributed by atoms with Crippen LogP contribution in [0.5, 0.6) is 0 Å². The minimum absolute atomic E-state index is 0.0150. The first kappa shape index (κ1) is 8.09. The zero-order valence-corrected chi connectivity index (χ0v) is 8.02. The minimum atomic E-state index is -0.212. The summed E-state index contributed by atoms with van der Waals surface area (Å²) < 4.78 is 5.16. The van der Waals surface area contributed by atoms with Crippen LogP contribution in [0.3, 0.4) is 0 Å². The molecule has 0 spiro atoms. The second-order valence-electron chi connectivity index (χ2n) is 4.89. The quantitative estimate of drug-likeness (QED) is 0.517. The highest BCUT2D eigenvalue weighted by atomic mass is 16.5. The molecule has 2 nitrogen and oxygen atoms in total. The number of ether oxygens (including phenoxy) is 1. The lowest BCUT2D eigenvalue weighted by Crippen LogP contribution is -2.47. The van der Waals surface area contributed by atoms with E-state index < -0.39 is 0 Å². The first-order valence-corrected chi connectivity index (χ1v) is 4.66. The van der Waals surface area contributed by atoms with E-state index in [1.165, 1.54) is 0 Å². The van der Waals surface area contributed by atoms with Crippen molar-refractivity contribution < 1.29 is 9.53 Å². The van der Waals surface area contributed by atoms with E-state index in [-0.39, 0.29) is 16.8 Å². The molecule has 1 saturated heterocycles. The summed E-state index contributed by atoms with van der Waals surface area (Å²) in [5.74, 6) is 0.599. The van der Waals surface area contributed by atoms with Crippen LogP contribution in [-0.4, -0.2) is 12.6 Å². The third kappa shape index (κ3) is 0.686. The van der Waals surface area contributed by atoms with Crippen molar-refractivity contribution in [2.24, 2.45) is 16.7 Å². The molecule has 2 heteroatoms. The first-order chi connectivity index (χ1) is 5.48. The van der Waals surface area contributed by atoms with Gasteiger partial charge in [-0.15, -0.1) is 0 Å². The van der Waals surface area contributed by atoms with Gasteiger partial charge in [0.1, 0.15) is 0 Å². The number of fused-ring (bicyclic) bond motifs is 2. The van der Waals surface area contributed by atoms with E-state index in [1.807, 2.05) is 0 Å². The van der Waals surface area contributed by atoms with Crippen LogP contribution >= 0.6 is 0 Å². The van der Waals surface area contributed by atoms with Crippen LogP contribution in [0.15, 0.2) is 0 Å². The van der Waals surface area contributed by atoms with Crippen molar-refractivity contribution in [2.45, 2.75) is 33.6 Å². The number of hydrogen-bond acceptors (Lipinski definition) is 2. The molecule has 2 bridgehead atoms. The maximum atomic E-state index is 11.6. The Balaban J connectivity index is 2.43. The summed E-state index contributed by atoms with van der Waals surface area (Å²) in [6.45, 7) is 7.09. The molecule has 2 rings (SSSR count). The molecule has 1 aliphatic carbocycles. The zero-order chi connectivity index (χ0) is 8.98. The summed E-state index contributed by atoms with van der Waals surface area (Å²) in [5.41, 5.74) is -0.0712. The van der Waals surface area contributed by atoms with Gasteiger partial charge in [-0.2, -0.15) is 0 Å². The maximum absolute atomic E-state index is 11.6. The van der Waals surface area contributed by atoms with Crippen molar-refractivity contribution in [1.29, 1.82) is 0 Å². The normalized spacial score (nSPS) is 44.2. The fraction of sp³-hybridized carbons (Fsp3) is 0.900. The number of esters is 1. The molecule has 1 saturated carbocycles. The molecule has 0 unspecified atom stereocenters. The third-order valence-electron chi connectivity index (χ3n) is 4.30. The Morgan fingerprint density at radius 3 is 2.67 bits per heavy atom. The van der Waals surface area contributed by atoms with E-state index in [2.05, 4.69) is 20.8 Å². The van der Waals surface area contributed by atoms with Crippen LogP contribution in [0.4, 0.5) is 0 Å². The monoisotopic (exact) mass is 168 g/mol. The van der Waals surface area contributed by atoms with Crippen LogP contribution in [0, 0.1) is 16.7 Å². The average molecular weight is 168 g/mol. The van der Waals surface area contributed by atoms with Gasteiger partial charge in [0.2, 0.25) is 0 Å². The molecule has 0 radical (unpaired) electrons. The lowest BCUT2D eigenvalue weighted by atomic mass is 9.65. The van der Waals surface area contributed by atoms with E-state index in [0.29, 0.717) is 12.5 Å². The molecule has 0 aromatic carbocycles. The van der Waals surface area contributed by atoms with Gasteiger partial charge in [0, 0.05) is 0 Å². The maximum Gasteiger partial charge on any atom is 0.312 e. The predicted octanol–water partition coefficient (Wildman–Crippen LogP) is 1.99. The molecule has 0 aromatic rings. The van der Waals surface area contributed by atoms with Crippen LogP contribution in [0.25, 0.3) is 0 Å². The highest BCUT2D eigenvalue weighted by Gasteiger charge is 2.59. The van der Waals surface area contributed by atoms with Crippen molar-refractivity contribution in [3.8, 4) is 0 Å². The Kier molecular flexibility index (Phi) is 1.37. The Hall–Kier alpha value is -0.530. The largest absolute Gasteiger partial charge is 0.465 e. The summed E-state index contributed by atoms with van der Waals surface area (Å²) in [7, 11) is 0. The lowest BCUT2D eigenvalue weighted by molar-refractivity contribution is -0.173. The molecule has 1 heterocycles. The smallest absolute Gasteiger partial charge is 0.312 e. The van der Waals surface area contributed by atoms with E-state index in [4.69, 9.17) is 4.74 Å². The minimum Gasteiger partial charge on any atom is -0.465 e. The van der Waals surface area contributed by atoms with Crippen LogP contribution in [0.2, 0.25) is 0 Å². The Bertz CT molecular complexity index is 232. The van der Waals surface area contributed by atoms with Gasteiger partial charge in [-0.05, 0) is 31.1 Å². The number of carbonyl (C=O) groups is 1. The molecule has 12 heavy (non-hydrogen) atoms. The highest BCUT2D eigenvalue weighted by molar-refractivity contribution is 5.79. The van der Waals surface area contributed by atoms with Gasteiger partial charge in [0.25, 0.3) is 0 Å². The Labute approximate surface area is 73.3 Å². The van der Waals surface area contributed by atoms with Crippen molar-refractivity contribution in [3.05, 3.63) is 0 Å². The SMILES string of the molecule is CC1(C)[C@@H]2CC[C@]1(C)C(=O)OC2. The summed E-state index contributed by atoms with van der Waals surface area (Å²) in [5, 5.41) is 0. The molecule has 1 aliphatic heterocycles. The van der Waals surface area contributed by atoms with Crippen LogP contribution in [-0.2, 0) is 9.53 Å². The molecule has 2 aliphatic rings. The van der Waals surface area contributed by atoms with Crippen molar-refractivity contribution in [2.75, 3.05) is 6.61 Å². The van der Waals surface area contributed by atoms with E-state index >= 15 is 0 Å². The number of carbonyl (C=O) groups excluding carboxylic acids is 1. The highest BCUT2D eigenvalue weighted by Crippen LogP contribution is 2.58. The first-order valence-electron chi connectivity index (χ1n) is 4.66. The van der Waals surface area contributed by atoms with E-state index in [1.54, 1.807) is 0 Å². The Morgan fingerprint density at radius 1 is 1.42 bits per heavy atom. The summed E-state index contributed by atoms with van der Waals surface area (Å²) in [4.78, 5) is 11.6. The summed E-state index contributed by atoms with van der Waals surface area (Å²) in [6.07, 6.45) is 2.15. The topological polar surface area (TPSA) is 26.3 Å². The van der Waals surface area contributed by atoms with Gasteiger partial charge in [-0.25, -0.2) is 0 Å². The molecule has 0 amide bonds. The fourth-order valence-electron chi connectivity index (χ4n) is 2.59. The van der Waals surface area contributed by atoms with Gasteiger partial charge in [-0.3, -0.25) is 4.79 Å². The van der Waals surface area contributed by atoms with Gasteiger partial charge >= 0.3 is 5.97 Å². The van der Waals surface area contributed by atoms with Crippen LogP contribution in [0.1, 0.15) is 33.6 Å². The number of hydrogen-bond donors (Lipinski definition) is 0. The standard InChI is InChI=1S/C10H16O2/c1-9(2)7-4-5-10(9,3)8(11)12-6-7/h7H,4-6H2,1-3H3/t7-,10-/m1/s1. The molecular formula is C10H16O2. The molecule has 2 atom stereocenters. The molecule has 68 valence electrons. The predicted molar refractivity (Wildman–Crippen MR) is 45.6 cm³/mol. The van der Waals surface area contributed by atoms with Gasteiger partial charge < -0.3 is 4.74 Å². The summed E-state index contributed by atoms with van der Waals surface area (Å²) >= 11 is 0. The Morgan fingerprint density at radius 2 is 2.08 bits per heavy atom. The molecule has 2 fully saturated rings. The zero-order valence-electron chi connectivity index (χ0n) is 8.02. The van der Waals surface area contributed by atoms with Crippen molar-refractivity contribution >= 4 is 5.97 Å². The fourth-order valence-corrected chi connectivity index (χ4v) is 2.59. The van der Waals surface area contributed by atoms with Crippen LogP contribution < -0.4 is 0 Å². The van der Waals surface area contributed by atoms with Gasteiger partial charge in [-0.1, -0.05) is 13.8 Å². The third-order valence-corrected chi connectivity index (χ3v) is 4.30. The lowest BCUT2D eigenvalue weighted by Gasteiger charge is -2.43. The molecule has 0 N–H and O–H groups in total. The second-order valence-corrected chi connectivity index (χ2v) is 4.89. The molecule has 0 aromatic heterocycles. The average Bonchev–Trinajstić information content (AvgIpc) is 2.17. The van der Waals surface area contributed by atoms with Crippen molar-refractivity contribution in [1.82, 2.24) is 0 Å². The van der Waals surface area contributed by atoms with Gasteiger partial charge in [0.05, 0.1) is 12.0 Å². The van der Waals surface area contributed by atoms with E-state index in [9.17, 15) is 4.79 Å². The van der Waals surface area contributed by atoms with Crippen molar-refractivity contribution in [3.63, 3.8) is 0 Å². The second kappa shape index (κ2) is 2.04. The summed E-state index contributed by atoms with van der Waals surface area (Å²) in [6, 6.07) is 0. The van der Waals surface area contributed by atoms with Gasteiger partial charge in [0.15, 0.2) is 0 Å².